The zero-order chi connectivity index (χ0) is 22.1. The molecule has 1 aromatic rings. The molecule has 170 valence electrons. The van der Waals surface area contributed by atoms with Crippen LogP contribution >= 0.6 is 12.0 Å². The van der Waals surface area contributed by atoms with Crippen LogP contribution in [0.2, 0.25) is 0 Å². The Morgan fingerprint density at radius 1 is 1.03 bits per heavy atom. The first-order valence-corrected chi connectivity index (χ1v) is 10.8. The van der Waals surface area contributed by atoms with Crippen LogP contribution in [0.25, 0.3) is 0 Å². The minimum atomic E-state index is -4.62. The van der Waals surface area contributed by atoms with Gasteiger partial charge < -0.3 is 4.74 Å². The van der Waals surface area contributed by atoms with Crippen molar-refractivity contribution in [2.24, 2.45) is 13.0 Å². The molecule has 3 atom stereocenters. The molecule has 0 bridgehead atoms. The monoisotopic (exact) mass is 453 g/mol. The first-order valence-electron chi connectivity index (χ1n) is 10.0. The number of halogens is 3. The van der Waals surface area contributed by atoms with Gasteiger partial charge in [0.15, 0.2) is 0 Å². The predicted octanol–water partition coefficient (Wildman–Crippen LogP) is 2.48. The molecule has 2 saturated carbocycles. The number of rotatable bonds is 5. The molecular formula is C18H26F3N3O5S. The van der Waals surface area contributed by atoms with Gasteiger partial charge in [0.25, 0.3) is 0 Å². The minimum absolute atomic E-state index is 0.0135. The molecule has 3 unspecified atom stereocenters. The van der Waals surface area contributed by atoms with Gasteiger partial charge in [-0.25, -0.2) is 27.7 Å². The highest BCUT2D eigenvalue weighted by atomic mass is 32.2. The fourth-order valence-electron chi connectivity index (χ4n) is 4.30. The Morgan fingerprint density at radius 3 is 2.30 bits per heavy atom. The summed E-state index contributed by atoms with van der Waals surface area (Å²) < 4.78 is 48.5. The first kappa shape index (κ1) is 23.1. The quantitative estimate of drug-likeness (QED) is 0.689. The number of ether oxygens (including phenoxy) is 1. The van der Waals surface area contributed by atoms with Gasteiger partial charge in [0.2, 0.25) is 0 Å². The topological polar surface area (TPSA) is 95.3 Å². The van der Waals surface area contributed by atoms with Crippen molar-refractivity contribution < 1.29 is 22.1 Å². The summed E-state index contributed by atoms with van der Waals surface area (Å²) in [5.41, 5.74) is -2.06. The van der Waals surface area contributed by atoms with Crippen LogP contribution in [0.4, 0.5) is 13.2 Å². The standard InChI is InChI=1S/C18H26F3N3O5S/c1-10-9-11(24-16(26)22-15(25)23(2)17(24)27)3-8-14(10)28-12-4-6-13(7-5-12)30-29-18(19,20)21/h10-14H,3-9H2,1-2H3,(H,22,25,26). The van der Waals surface area contributed by atoms with Gasteiger partial charge >= 0.3 is 23.4 Å². The molecular weight excluding hydrogens is 427 g/mol. The Balaban J connectivity index is 1.53. The molecule has 0 radical (unpaired) electrons. The zero-order valence-electron chi connectivity index (χ0n) is 16.8. The van der Waals surface area contributed by atoms with E-state index in [1.165, 1.54) is 7.05 Å². The average molecular weight is 453 g/mol. The van der Waals surface area contributed by atoms with Crippen LogP contribution in [-0.2, 0) is 16.0 Å². The van der Waals surface area contributed by atoms with E-state index in [1.54, 1.807) is 0 Å². The van der Waals surface area contributed by atoms with Crippen LogP contribution in [-0.4, -0.2) is 37.9 Å². The summed E-state index contributed by atoms with van der Waals surface area (Å²) in [5, 5.41) is -0.192. The lowest BCUT2D eigenvalue weighted by atomic mass is 9.84. The predicted molar refractivity (Wildman–Crippen MR) is 104 cm³/mol. The van der Waals surface area contributed by atoms with E-state index in [0.29, 0.717) is 57.0 Å². The Morgan fingerprint density at radius 2 is 1.70 bits per heavy atom. The molecule has 30 heavy (non-hydrogen) atoms. The third kappa shape index (κ3) is 5.58. The highest BCUT2D eigenvalue weighted by Crippen LogP contribution is 2.38. The molecule has 2 fully saturated rings. The van der Waals surface area contributed by atoms with E-state index < -0.39 is 23.4 Å². The lowest BCUT2D eigenvalue weighted by Gasteiger charge is -2.38. The second kappa shape index (κ2) is 9.31. The van der Waals surface area contributed by atoms with E-state index in [1.807, 2.05) is 6.92 Å². The van der Waals surface area contributed by atoms with Crippen LogP contribution in [0.15, 0.2) is 14.4 Å². The van der Waals surface area contributed by atoms with Crippen molar-refractivity contribution in [2.45, 2.75) is 81.7 Å². The van der Waals surface area contributed by atoms with Crippen molar-refractivity contribution >= 4 is 12.0 Å². The summed E-state index contributed by atoms with van der Waals surface area (Å²) in [5.74, 6) is 0.0907. The third-order valence-corrected chi connectivity index (χ3v) is 6.95. The smallest absolute Gasteiger partial charge is 0.375 e. The molecule has 0 amide bonds. The Kier molecular flexibility index (Phi) is 7.18. The van der Waals surface area contributed by atoms with E-state index in [-0.39, 0.29) is 29.4 Å². The molecule has 2 aliphatic carbocycles. The number of aromatic amines is 1. The maximum atomic E-state index is 12.4. The van der Waals surface area contributed by atoms with Crippen molar-refractivity contribution in [3.05, 3.63) is 31.5 Å². The van der Waals surface area contributed by atoms with Gasteiger partial charge in [-0.1, -0.05) is 6.92 Å². The van der Waals surface area contributed by atoms with Gasteiger partial charge in [-0.05, 0) is 50.9 Å². The molecule has 2 aliphatic rings. The molecule has 1 heterocycles. The van der Waals surface area contributed by atoms with Crippen molar-refractivity contribution in [1.29, 1.82) is 0 Å². The number of alkyl halides is 3. The van der Waals surface area contributed by atoms with Crippen molar-refractivity contribution in [3.8, 4) is 0 Å². The van der Waals surface area contributed by atoms with Gasteiger partial charge in [-0.3, -0.25) is 4.98 Å². The number of hydrogen-bond donors (Lipinski definition) is 1. The Bertz CT molecular complexity index is 904. The summed E-state index contributed by atoms with van der Waals surface area (Å²) in [7, 11) is 1.32. The summed E-state index contributed by atoms with van der Waals surface area (Å²) >= 11 is 0.486. The Labute approximate surface area is 175 Å². The van der Waals surface area contributed by atoms with E-state index in [4.69, 9.17) is 4.74 Å². The Hall–Kier alpha value is -1.53. The number of hydrogen-bond acceptors (Lipinski definition) is 6. The van der Waals surface area contributed by atoms with E-state index in [9.17, 15) is 27.6 Å². The summed E-state index contributed by atoms with van der Waals surface area (Å²) in [4.78, 5) is 38.2. The third-order valence-electron chi connectivity index (χ3n) is 5.93. The summed E-state index contributed by atoms with van der Waals surface area (Å²) in [6, 6.07) is -0.311. The fraction of sp³-hybridized carbons (Fsp3) is 0.833. The molecule has 0 saturated heterocycles. The second-order valence-electron chi connectivity index (χ2n) is 8.09. The maximum absolute atomic E-state index is 12.4. The molecule has 0 aromatic carbocycles. The second-order valence-corrected chi connectivity index (χ2v) is 9.12. The van der Waals surface area contributed by atoms with Gasteiger partial charge in [-0.15, -0.1) is 13.2 Å². The molecule has 3 rings (SSSR count). The van der Waals surface area contributed by atoms with Crippen LogP contribution < -0.4 is 17.1 Å². The molecule has 0 aliphatic heterocycles. The highest BCUT2D eigenvalue weighted by molar-refractivity contribution is 7.95. The van der Waals surface area contributed by atoms with Crippen molar-refractivity contribution in [1.82, 2.24) is 14.1 Å². The summed E-state index contributed by atoms with van der Waals surface area (Å²) in [6.07, 6.45) is -0.346. The largest absolute Gasteiger partial charge is 0.533 e. The molecule has 12 heteroatoms. The van der Waals surface area contributed by atoms with E-state index >= 15 is 0 Å². The SMILES string of the molecule is CC1CC(n2c(=O)[nH]c(=O)n(C)c2=O)CCC1OC1CCC(SOC(F)(F)F)CC1. The maximum Gasteiger partial charge on any atom is 0.533 e. The van der Waals surface area contributed by atoms with Gasteiger partial charge in [0, 0.05) is 30.4 Å². The minimum Gasteiger partial charge on any atom is -0.375 e. The summed E-state index contributed by atoms with van der Waals surface area (Å²) in [6.45, 7) is 2.00. The first-order chi connectivity index (χ1) is 14.0. The average Bonchev–Trinajstić information content (AvgIpc) is 2.67. The lowest BCUT2D eigenvalue weighted by molar-refractivity contribution is -0.267. The van der Waals surface area contributed by atoms with E-state index in [2.05, 4.69) is 9.17 Å². The van der Waals surface area contributed by atoms with Crippen molar-refractivity contribution in [3.63, 3.8) is 0 Å². The highest BCUT2D eigenvalue weighted by Gasteiger charge is 2.35. The fourth-order valence-corrected chi connectivity index (χ4v) is 5.01. The molecule has 8 nitrogen and oxygen atoms in total. The van der Waals surface area contributed by atoms with E-state index in [0.717, 1.165) is 9.13 Å². The van der Waals surface area contributed by atoms with Crippen LogP contribution in [0.1, 0.15) is 57.9 Å². The number of H-pyrrole nitrogens is 1. The molecule has 1 aromatic heterocycles. The van der Waals surface area contributed by atoms with Crippen molar-refractivity contribution in [2.75, 3.05) is 0 Å². The van der Waals surface area contributed by atoms with Gasteiger partial charge in [0.1, 0.15) is 0 Å². The molecule has 0 spiro atoms. The zero-order valence-corrected chi connectivity index (χ0v) is 17.6. The van der Waals surface area contributed by atoms with Crippen LogP contribution in [0.3, 0.4) is 0 Å². The van der Waals surface area contributed by atoms with Gasteiger partial charge in [0.05, 0.1) is 12.2 Å². The molecule has 1 N–H and O–H groups in total. The lowest BCUT2D eigenvalue weighted by Crippen LogP contribution is -2.51. The number of nitrogens with one attached hydrogen (secondary N) is 1. The van der Waals surface area contributed by atoms with Gasteiger partial charge in [-0.2, -0.15) is 0 Å². The normalized spacial score (nSPS) is 30.4. The number of nitrogens with zero attached hydrogens (tertiary/aromatic N) is 2. The number of aromatic nitrogens is 3. The van der Waals surface area contributed by atoms with Crippen LogP contribution in [0.5, 0.6) is 0 Å². The van der Waals surface area contributed by atoms with Crippen LogP contribution in [0, 0.1) is 5.92 Å².